The Kier molecular flexibility index (Phi) is 6.32. The van der Waals surface area contributed by atoms with Gasteiger partial charge in [-0.15, -0.1) is 9.42 Å². The van der Waals surface area contributed by atoms with E-state index in [4.69, 9.17) is 4.89 Å². The first kappa shape index (κ1) is 12.2. The van der Waals surface area contributed by atoms with Gasteiger partial charge in [0.2, 0.25) is 0 Å². The lowest BCUT2D eigenvalue weighted by atomic mass is 10.3. The highest BCUT2D eigenvalue weighted by Crippen LogP contribution is 2.15. The molecule has 0 spiro atoms. The summed E-state index contributed by atoms with van der Waals surface area (Å²) >= 11 is 0. The van der Waals surface area contributed by atoms with Gasteiger partial charge in [-0.2, -0.15) is 0 Å². The molecular weight excluding hydrogens is 195 g/mol. The summed E-state index contributed by atoms with van der Waals surface area (Å²) in [5.41, 5.74) is 0.538. The topological polar surface area (TPSA) is 72.8 Å². The second-order valence-corrected chi connectivity index (χ2v) is 2.99. The van der Waals surface area contributed by atoms with Crippen LogP contribution in [0.25, 0.3) is 0 Å². The summed E-state index contributed by atoms with van der Waals surface area (Å²) in [5, 5.41) is 0. The molecule has 0 aromatic rings. The molecule has 0 saturated carbocycles. The molecule has 0 aromatic carbocycles. The van der Waals surface area contributed by atoms with Crippen LogP contribution in [0.5, 0.6) is 0 Å². The second kappa shape index (κ2) is 6.71. The van der Waals surface area contributed by atoms with Crippen molar-refractivity contribution in [2.45, 2.75) is 13.8 Å². The van der Waals surface area contributed by atoms with Crippen molar-refractivity contribution in [3.05, 3.63) is 11.6 Å². The van der Waals surface area contributed by atoms with Crippen LogP contribution in [0.3, 0.4) is 0 Å². The van der Waals surface area contributed by atoms with E-state index in [1.165, 1.54) is 6.08 Å². The Bertz CT molecular complexity index is 223. The molecule has 0 aromatic heterocycles. The van der Waals surface area contributed by atoms with Crippen molar-refractivity contribution >= 4 is 14.2 Å². The van der Waals surface area contributed by atoms with Crippen LogP contribution in [0.4, 0.5) is 0 Å². The maximum Gasteiger partial charge on any atom is 0.695 e. The molecule has 0 heterocycles. The summed E-state index contributed by atoms with van der Waals surface area (Å²) in [6.07, 6.45) is 1.22. The van der Waals surface area contributed by atoms with E-state index in [1.807, 2.05) is 0 Å². The highest BCUT2D eigenvalue weighted by atomic mass is 31.1. The minimum atomic E-state index is -2.61. The van der Waals surface area contributed by atoms with Crippen molar-refractivity contribution in [1.29, 1.82) is 0 Å². The molecule has 0 rings (SSSR count). The fourth-order valence-corrected chi connectivity index (χ4v) is 0.898. The van der Waals surface area contributed by atoms with E-state index in [0.29, 0.717) is 12.2 Å². The van der Waals surface area contributed by atoms with Crippen molar-refractivity contribution in [2.75, 3.05) is 13.2 Å². The first-order valence-electron chi connectivity index (χ1n) is 3.69. The van der Waals surface area contributed by atoms with Crippen LogP contribution in [0.1, 0.15) is 13.8 Å². The molecule has 0 bridgehead atoms. The molecule has 1 N–H and O–H groups in total. The van der Waals surface area contributed by atoms with Gasteiger partial charge in [0.15, 0.2) is 0 Å². The van der Waals surface area contributed by atoms with Gasteiger partial charge in [0, 0.05) is 10.6 Å². The Morgan fingerprint density at radius 3 is 2.69 bits per heavy atom. The van der Waals surface area contributed by atoms with Crippen molar-refractivity contribution in [3.63, 3.8) is 0 Å². The molecule has 0 fully saturated rings. The summed E-state index contributed by atoms with van der Waals surface area (Å²) in [7, 11) is -2.61. The first-order chi connectivity index (χ1) is 6.06. The van der Waals surface area contributed by atoms with E-state index in [-0.39, 0.29) is 6.61 Å². The van der Waals surface area contributed by atoms with E-state index < -0.39 is 14.2 Å². The number of carbonyl (C=O) groups is 1. The minimum absolute atomic E-state index is 0.0511. The number of hydrogen-bond acceptors (Lipinski definition) is 4. The Balaban J connectivity index is 3.87. The van der Waals surface area contributed by atoms with Crippen LogP contribution in [0.2, 0.25) is 0 Å². The fraction of sp³-hybridized carbons (Fsp3) is 0.571. The largest absolute Gasteiger partial charge is 0.695 e. The summed E-state index contributed by atoms with van der Waals surface area (Å²) in [6.45, 7) is 3.56. The lowest BCUT2D eigenvalue weighted by molar-refractivity contribution is -0.137. The van der Waals surface area contributed by atoms with Gasteiger partial charge in [-0.05, 0) is 19.4 Å². The van der Waals surface area contributed by atoms with Gasteiger partial charge < -0.3 is 4.74 Å². The monoisotopic (exact) mass is 207 g/mol. The third kappa shape index (κ3) is 7.59. The van der Waals surface area contributed by atoms with Crippen molar-refractivity contribution in [1.82, 2.24) is 0 Å². The Labute approximate surface area is 77.3 Å². The second-order valence-electron chi connectivity index (χ2n) is 2.25. The predicted molar refractivity (Wildman–Crippen MR) is 46.2 cm³/mol. The van der Waals surface area contributed by atoms with E-state index in [2.05, 4.69) is 9.26 Å². The normalized spacial score (nSPS) is 12.5. The summed E-state index contributed by atoms with van der Waals surface area (Å²) in [5.74, 6) is -0.475. The third-order valence-electron chi connectivity index (χ3n) is 1.05. The lowest BCUT2D eigenvalue weighted by Crippen LogP contribution is -2.01. The Hall–Kier alpha value is -0.770. The molecule has 6 heteroatoms. The van der Waals surface area contributed by atoms with Crippen molar-refractivity contribution < 1.29 is 23.5 Å². The molecule has 13 heavy (non-hydrogen) atoms. The Morgan fingerprint density at radius 1 is 1.62 bits per heavy atom. The number of carbonyl (C=O) groups excluding carboxylic acids is 1. The molecule has 0 amide bonds. The van der Waals surface area contributed by atoms with Crippen LogP contribution >= 0.6 is 8.25 Å². The number of ether oxygens (including phenoxy) is 1. The van der Waals surface area contributed by atoms with Gasteiger partial charge in [0.05, 0.1) is 6.61 Å². The zero-order chi connectivity index (χ0) is 10.3. The SMILES string of the molecule is CCOC(=O)C=C(C)CO[P+](=O)O. The molecule has 74 valence electrons. The average molecular weight is 207 g/mol. The van der Waals surface area contributed by atoms with Crippen molar-refractivity contribution in [2.24, 2.45) is 0 Å². The standard InChI is InChI=1S/C7H11O5P/c1-3-11-7(8)4-6(2)5-12-13(9)10/h4H,3,5H2,1-2H3/p+1. The van der Waals surface area contributed by atoms with Crippen LogP contribution in [-0.4, -0.2) is 24.1 Å². The molecule has 5 nitrogen and oxygen atoms in total. The maximum absolute atomic E-state index is 10.8. The summed E-state index contributed by atoms with van der Waals surface area (Å²) in [4.78, 5) is 19.1. The third-order valence-corrected chi connectivity index (χ3v) is 1.40. The van der Waals surface area contributed by atoms with Crippen LogP contribution in [0, 0.1) is 0 Å². The molecule has 0 aliphatic carbocycles. The van der Waals surface area contributed by atoms with Crippen molar-refractivity contribution in [3.8, 4) is 0 Å². The number of hydrogen-bond donors (Lipinski definition) is 1. The first-order valence-corrected chi connectivity index (χ1v) is 4.82. The molecule has 0 radical (unpaired) electrons. The van der Waals surface area contributed by atoms with Gasteiger partial charge in [0.1, 0.15) is 6.61 Å². The zero-order valence-electron chi connectivity index (χ0n) is 7.52. The van der Waals surface area contributed by atoms with Gasteiger partial charge >= 0.3 is 14.2 Å². The van der Waals surface area contributed by atoms with E-state index in [1.54, 1.807) is 13.8 Å². The van der Waals surface area contributed by atoms with E-state index in [0.717, 1.165) is 0 Å². The highest BCUT2D eigenvalue weighted by molar-refractivity contribution is 7.32. The highest BCUT2D eigenvalue weighted by Gasteiger charge is 2.11. The lowest BCUT2D eigenvalue weighted by Gasteiger charge is -1.96. The predicted octanol–water partition coefficient (Wildman–Crippen LogP) is 1.16. The van der Waals surface area contributed by atoms with E-state index in [9.17, 15) is 9.36 Å². The summed E-state index contributed by atoms with van der Waals surface area (Å²) in [6, 6.07) is 0. The molecule has 1 atom stereocenters. The molecule has 0 aliphatic rings. The molecular formula is C7H12O5P+. The molecule has 0 aliphatic heterocycles. The van der Waals surface area contributed by atoms with Gasteiger partial charge in [-0.1, -0.05) is 0 Å². The maximum atomic E-state index is 10.8. The quantitative estimate of drug-likeness (QED) is 0.416. The molecule has 0 saturated heterocycles. The van der Waals surface area contributed by atoms with Gasteiger partial charge in [-0.25, -0.2) is 4.79 Å². The van der Waals surface area contributed by atoms with Gasteiger partial charge in [-0.3, -0.25) is 0 Å². The Morgan fingerprint density at radius 2 is 2.23 bits per heavy atom. The van der Waals surface area contributed by atoms with E-state index >= 15 is 0 Å². The van der Waals surface area contributed by atoms with Gasteiger partial charge in [0.25, 0.3) is 0 Å². The summed E-state index contributed by atoms with van der Waals surface area (Å²) < 4.78 is 19.1. The average Bonchev–Trinajstić information content (AvgIpc) is 2.01. The fourth-order valence-electron chi connectivity index (χ4n) is 0.584. The number of rotatable bonds is 5. The van der Waals surface area contributed by atoms with Crippen LogP contribution < -0.4 is 0 Å². The zero-order valence-corrected chi connectivity index (χ0v) is 8.41. The van der Waals surface area contributed by atoms with Crippen LogP contribution in [-0.2, 0) is 18.6 Å². The molecule has 1 unspecified atom stereocenters. The number of esters is 1. The van der Waals surface area contributed by atoms with Crippen LogP contribution in [0.15, 0.2) is 11.6 Å². The smallest absolute Gasteiger partial charge is 0.463 e. The minimum Gasteiger partial charge on any atom is -0.463 e.